The Labute approximate surface area is 126 Å². The van der Waals surface area contributed by atoms with Crippen LogP contribution in [0.3, 0.4) is 0 Å². The van der Waals surface area contributed by atoms with E-state index in [1.165, 1.54) is 11.1 Å². The first-order valence-corrected chi connectivity index (χ1v) is 7.10. The second-order valence-corrected chi connectivity index (χ2v) is 5.45. The van der Waals surface area contributed by atoms with Crippen LogP contribution in [0.1, 0.15) is 34.0 Å². The number of ketones is 1. The predicted octanol–water partition coefficient (Wildman–Crippen LogP) is 4.81. The minimum Gasteiger partial charge on any atom is -0.359 e. The molecule has 0 saturated heterocycles. The number of allylic oxidation sites excluding steroid dienone is 2. The van der Waals surface area contributed by atoms with Crippen molar-refractivity contribution in [1.82, 2.24) is 0 Å². The first-order chi connectivity index (χ1) is 9.97. The molecule has 0 aromatic heterocycles. The summed E-state index contributed by atoms with van der Waals surface area (Å²) in [5.74, 6) is 0.0197. The lowest BCUT2D eigenvalue weighted by Gasteiger charge is -2.12. The largest absolute Gasteiger partial charge is 0.359 e. The molecule has 0 saturated carbocycles. The molecule has 0 aliphatic rings. The fourth-order valence-electron chi connectivity index (χ4n) is 2.24. The molecule has 0 heterocycles. The summed E-state index contributed by atoms with van der Waals surface area (Å²) >= 11 is 0. The Kier molecular flexibility index (Phi) is 4.59. The van der Waals surface area contributed by atoms with Gasteiger partial charge < -0.3 is 5.32 Å². The van der Waals surface area contributed by atoms with Gasteiger partial charge in [-0.2, -0.15) is 0 Å². The summed E-state index contributed by atoms with van der Waals surface area (Å²) in [6.07, 6.45) is 1.65. The maximum Gasteiger partial charge on any atom is 0.187 e. The van der Waals surface area contributed by atoms with E-state index in [-0.39, 0.29) is 5.78 Å². The number of para-hydroxylation sites is 1. The molecule has 2 aromatic carbocycles. The maximum absolute atomic E-state index is 12.2. The molecule has 0 amide bonds. The fourth-order valence-corrected chi connectivity index (χ4v) is 2.24. The molecular weight excluding hydrogens is 258 g/mol. The standard InChI is InChI=1S/C19H21NO/c1-13-8-10-17(11-9-13)18(21)12-16(4)20-19-14(2)6-5-7-15(19)3/h5-12,20H,1-4H3/b16-12+. The molecular formula is C19H21NO. The highest BCUT2D eigenvalue weighted by atomic mass is 16.1. The predicted molar refractivity (Wildman–Crippen MR) is 88.8 cm³/mol. The van der Waals surface area contributed by atoms with Crippen molar-refractivity contribution in [3.63, 3.8) is 0 Å². The van der Waals surface area contributed by atoms with Gasteiger partial charge >= 0.3 is 0 Å². The Balaban J connectivity index is 2.18. The van der Waals surface area contributed by atoms with Crippen molar-refractivity contribution in [1.29, 1.82) is 0 Å². The van der Waals surface area contributed by atoms with E-state index in [0.29, 0.717) is 5.56 Å². The third kappa shape index (κ3) is 3.82. The summed E-state index contributed by atoms with van der Waals surface area (Å²) < 4.78 is 0. The Morgan fingerprint density at radius 3 is 2.10 bits per heavy atom. The number of carbonyl (C=O) groups excluding carboxylic acids is 1. The van der Waals surface area contributed by atoms with Gasteiger partial charge in [-0.1, -0.05) is 48.0 Å². The molecule has 0 fully saturated rings. The van der Waals surface area contributed by atoms with Crippen molar-refractivity contribution < 1.29 is 4.79 Å². The van der Waals surface area contributed by atoms with E-state index in [0.717, 1.165) is 16.9 Å². The number of benzene rings is 2. The molecule has 1 N–H and O–H groups in total. The monoisotopic (exact) mass is 279 g/mol. The first-order valence-electron chi connectivity index (χ1n) is 7.10. The van der Waals surface area contributed by atoms with Crippen LogP contribution in [0.4, 0.5) is 5.69 Å². The highest BCUT2D eigenvalue weighted by Crippen LogP contribution is 2.21. The van der Waals surface area contributed by atoms with Gasteiger partial charge in [0.1, 0.15) is 0 Å². The summed E-state index contributed by atoms with van der Waals surface area (Å²) in [6.45, 7) is 8.05. The molecule has 2 nitrogen and oxygen atoms in total. The number of anilines is 1. The van der Waals surface area contributed by atoms with E-state index in [2.05, 4.69) is 31.3 Å². The zero-order valence-corrected chi connectivity index (χ0v) is 13.0. The number of hydrogen-bond acceptors (Lipinski definition) is 2. The lowest BCUT2D eigenvalue weighted by Crippen LogP contribution is -2.03. The van der Waals surface area contributed by atoms with E-state index in [4.69, 9.17) is 0 Å². The number of hydrogen-bond donors (Lipinski definition) is 1. The molecule has 21 heavy (non-hydrogen) atoms. The van der Waals surface area contributed by atoms with Gasteiger partial charge in [0, 0.05) is 23.0 Å². The Bertz CT molecular complexity index is 661. The van der Waals surface area contributed by atoms with Crippen molar-refractivity contribution in [2.24, 2.45) is 0 Å². The Morgan fingerprint density at radius 2 is 1.52 bits per heavy atom. The van der Waals surface area contributed by atoms with Gasteiger partial charge in [0.15, 0.2) is 5.78 Å². The second kappa shape index (κ2) is 6.40. The molecule has 2 rings (SSSR count). The number of rotatable bonds is 4. The fraction of sp³-hybridized carbons (Fsp3) is 0.211. The molecule has 0 aliphatic heterocycles. The summed E-state index contributed by atoms with van der Waals surface area (Å²) in [6, 6.07) is 13.8. The molecule has 108 valence electrons. The first kappa shape index (κ1) is 15.0. The molecule has 0 radical (unpaired) electrons. The van der Waals surface area contributed by atoms with Crippen LogP contribution in [0.2, 0.25) is 0 Å². The van der Waals surface area contributed by atoms with Crippen molar-refractivity contribution in [2.75, 3.05) is 5.32 Å². The van der Waals surface area contributed by atoms with E-state index in [1.807, 2.05) is 44.2 Å². The zero-order chi connectivity index (χ0) is 15.4. The Morgan fingerprint density at radius 1 is 0.952 bits per heavy atom. The number of nitrogens with one attached hydrogen (secondary N) is 1. The third-order valence-electron chi connectivity index (χ3n) is 3.49. The highest BCUT2D eigenvalue weighted by Gasteiger charge is 2.05. The lowest BCUT2D eigenvalue weighted by atomic mass is 10.1. The van der Waals surface area contributed by atoms with Crippen molar-refractivity contribution in [3.05, 3.63) is 76.5 Å². The average Bonchev–Trinajstić information content (AvgIpc) is 2.43. The number of carbonyl (C=O) groups is 1. The van der Waals surface area contributed by atoms with Crippen LogP contribution in [0.5, 0.6) is 0 Å². The van der Waals surface area contributed by atoms with E-state index in [9.17, 15) is 4.79 Å². The second-order valence-electron chi connectivity index (χ2n) is 5.45. The average molecular weight is 279 g/mol. The van der Waals surface area contributed by atoms with Crippen molar-refractivity contribution in [2.45, 2.75) is 27.7 Å². The summed E-state index contributed by atoms with van der Waals surface area (Å²) in [5.41, 5.74) is 6.13. The summed E-state index contributed by atoms with van der Waals surface area (Å²) in [5, 5.41) is 3.33. The van der Waals surface area contributed by atoms with Crippen LogP contribution in [-0.4, -0.2) is 5.78 Å². The highest BCUT2D eigenvalue weighted by molar-refractivity contribution is 6.05. The van der Waals surface area contributed by atoms with E-state index >= 15 is 0 Å². The summed E-state index contributed by atoms with van der Waals surface area (Å²) in [7, 11) is 0. The van der Waals surface area contributed by atoms with Gasteiger partial charge in [0.2, 0.25) is 0 Å². The van der Waals surface area contributed by atoms with Gasteiger partial charge in [-0.3, -0.25) is 4.79 Å². The molecule has 2 aromatic rings. The molecule has 0 atom stereocenters. The van der Waals surface area contributed by atoms with Crippen LogP contribution in [0.15, 0.2) is 54.2 Å². The lowest BCUT2D eigenvalue weighted by molar-refractivity contribution is 0.104. The quantitative estimate of drug-likeness (QED) is 0.642. The van der Waals surface area contributed by atoms with Crippen LogP contribution in [0, 0.1) is 20.8 Å². The smallest absolute Gasteiger partial charge is 0.187 e. The van der Waals surface area contributed by atoms with E-state index in [1.54, 1.807) is 6.08 Å². The van der Waals surface area contributed by atoms with Gasteiger partial charge in [-0.15, -0.1) is 0 Å². The molecule has 0 spiro atoms. The van der Waals surface area contributed by atoms with E-state index < -0.39 is 0 Å². The molecule has 2 heteroatoms. The third-order valence-corrected chi connectivity index (χ3v) is 3.49. The molecule has 0 aliphatic carbocycles. The SMILES string of the molecule is C/C(=C\C(=O)c1ccc(C)cc1)Nc1c(C)cccc1C. The van der Waals surface area contributed by atoms with Gasteiger partial charge in [0.05, 0.1) is 0 Å². The topological polar surface area (TPSA) is 29.1 Å². The molecule has 0 bridgehead atoms. The minimum atomic E-state index is 0.0197. The maximum atomic E-state index is 12.2. The molecule has 0 unspecified atom stereocenters. The Hall–Kier alpha value is -2.35. The van der Waals surface area contributed by atoms with Gasteiger partial charge in [0.25, 0.3) is 0 Å². The summed E-state index contributed by atoms with van der Waals surface area (Å²) in [4.78, 5) is 12.2. The zero-order valence-electron chi connectivity index (χ0n) is 13.0. The van der Waals surface area contributed by atoms with Crippen LogP contribution < -0.4 is 5.32 Å². The van der Waals surface area contributed by atoms with Gasteiger partial charge in [-0.05, 0) is 38.8 Å². The van der Waals surface area contributed by atoms with Crippen molar-refractivity contribution >= 4 is 11.5 Å². The van der Waals surface area contributed by atoms with Gasteiger partial charge in [-0.25, -0.2) is 0 Å². The van der Waals surface area contributed by atoms with Crippen LogP contribution >= 0.6 is 0 Å². The normalized spacial score (nSPS) is 11.3. The van der Waals surface area contributed by atoms with Crippen LogP contribution in [0.25, 0.3) is 0 Å². The van der Waals surface area contributed by atoms with Crippen LogP contribution in [-0.2, 0) is 0 Å². The minimum absolute atomic E-state index is 0.0197. The van der Waals surface area contributed by atoms with Crippen molar-refractivity contribution in [3.8, 4) is 0 Å². The number of aryl methyl sites for hydroxylation is 3.